The summed E-state index contributed by atoms with van der Waals surface area (Å²) in [5, 5.41) is 0. The standard InChI is InChI=1S/C16H11N3S/c1-3-8-14-12(6-1)19(16-17-10-5-11-18-16)13-7-2-4-9-15(13)20-14/h1-11H. The SMILES string of the molecule is c1cnc(N2c3ccccc3Sc3ccccc32)nc1. The van der Waals surface area contributed by atoms with Crippen LogP contribution in [0.2, 0.25) is 0 Å². The number of para-hydroxylation sites is 2. The van der Waals surface area contributed by atoms with Gasteiger partial charge in [-0.15, -0.1) is 0 Å². The highest BCUT2D eigenvalue weighted by atomic mass is 32.2. The Hall–Kier alpha value is -2.33. The minimum absolute atomic E-state index is 0.702. The van der Waals surface area contributed by atoms with Crippen molar-refractivity contribution in [1.29, 1.82) is 0 Å². The highest BCUT2D eigenvalue weighted by Crippen LogP contribution is 2.49. The van der Waals surface area contributed by atoms with Gasteiger partial charge in [0, 0.05) is 22.2 Å². The molecule has 0 bridgehead atoms. The van der Waals surface area contributed by atoms with Gasteiger partial charge in [-0.3, -0.25) is 4.90 Å². The van der Waals surface area contributed by atoms with E-state index >= 15 is 0 Å². The average molecular weight is 277 g/mol. The predicted octanol–water partition coefficient (Wildman–Crippen LogP) is 4.41. The molecule has 4 rings (SSSR count). The molecule has 0 unspecified atom stereocenters. The van der Waals surface area contributed by atoms with Crippen LogP contribution in [-0.2, 0) is 0 Å². The molecule has 0 amide bonds. The highest BCUT2D eigenvalue weighted by molar-refractivity contribution is 7.99. The largest absolute Gasteiger partial charge is 0.277 e. The Morgan fingerprint density at radius 1 is 0.700 bits per heavy atom. The predicted molar refractivity (Wildman–Crippen MR) is 80.8 cm³/mol. The zero-order valence-corrected chi connectivity index (χ0v) is 11.4. The van der Waals surface area contributed by atoms with Crippen LogP contribution in [-0.4, -0.2) is 9.97 Å². The van der Waals surface area contributed by atoms with E-state index in [1.807, 2.05) is 18.2 Å². The molecule has 0 saturated carbocycles. The van der Waals surface area contributed by atoms with Gasteiger partial charge in [0.1, 0.15) is 0 Å². The lowest BCUT2D eigenvalue weighted by Crippen LogP contribution is -2.16. The van der Waals surface area contributed by atoms with Gasteiger partial charge in [0.25, 0.3) is 0 Å². The fraction of sp³-hybridized carbons (Fsp3) is 0. The molecule has 0 N–H and O–H groups in total. The first kappa shape index (κ1) is 11.5. The second-order valence-corrected chi connectivity index (χ2v) is 5.51. The van der Waals surface area contributed by atoms with Crippen LogP contribution in [0, 0.1) is 0 Å². The quantitative estimate of drug-likeness (QED) is 0.515. The monoisotopic (exact) mass is 277 g/mol. The van der Waals surface area contributed by atoms with Gasteiger partial charge >= 0.3 is 0 Å². The number of benzene rings is 2. The third-order valence-corrected chi connectivity index (χ3v) is 4.31. The molecule has 20 heavy (non-hydrogen) atoms. The number of hydrogen-bond acceptors (Lipinski definition) is 4. The van der Waals surface area contributed by atoms with Crippen molar-refractivity contribution in [2.75, 3.05) is 4.90 Å². The minimum atomic E-state index is 0.702. The molecule has 1 aromatic heterocycles. The summed E-state index contributed by atoms with van der Waals surface area (Å²) in [6.07, 6.45) is 3.55. The van der Waals surface area contributed by atoms with E-state index in [1.54, 1.807) is 24.2 Å². The van der Waals surface area contributed by atoms with E-state index < -0.39 is 0 Å². The molecular formula is C16H11N3S. The fourth-order valence-electron chi connectivity index (χ4n) is 2.33. The van der Waals surface area contributed by atoms with Crippen LogP contribution in [0.15, 0.2) is 76.8 Å². The van der Waals surface area contributed by atoms with Crippen LogP contribution in [0.4, 0.5) is 17.3 Å². The summed E-state index contributed by atoms with van der Waals surface area (Å²) >= 11 is 1.78. The maximum Gasteiger partial charge on any atom is 0.234 e. The summed E-state index contributed by atoms with van der Waals surface area (Å²) in [6.45, 7) is 0. The molecule has 0 atom stereocenters. The zero-order chi connectivity index (χ0) is 13.4. The van der Waals surface area contributed by atoms with E-state index in [2.05, 4.69) is 51.3 Å². The number of hydrogen-bond donors (Lipinski definition) is 0. The molecule has 3 nitrogen and oxygen atoms in total. The van der Waals surface area contributed by atoms with Gasteiger partial charge in [-0.05, 0) is 30.3 Å². The van der Waals surface area contributed by atoms with Crippen LogP contribution in [0.1, 0.15) is 0 Å². The Labute approximate surface area is 121 Å². The molecule has 2 aromatic carbocycles. The molecular weight excluding hydrogens is 266 g/mol. The highest BCUT2D eigenvalue weighted by Gasteiger charge is 2.25. The van der Waals surface area contributed by atoms with Gasteiger partial charge in [0.15, 0.2) is 0 Å². The van der Waals surface area contributed by atoms with Crippen molar-refractivity contribution in [1.82, 2.24) is 9.97 Å². The van der Waals surface area contributed by atoms with E-state index in [0.717, 1.165) is 11.4 Å². The van der Waals surface area contributed by atoms with Gasteiger partial charge in [-0.1, -0.05) is 36.0 Å². The average Bonchev–Trinajstić information content (AvgIpc) is 2.53. The van der Waals surface area contributed by atoms with Crippen LogP contribution in [0.3, 0.4) is 0 Å². The number of rotatable bonds is 1. The smallest absolute Gasteiger partial charge is 0.234 e. The number of fused-ring (bicyclic) bond motifs is 2. The second kappa shape index (κ2) is 4.65. The Morgan fingerprint density at radius 2 is 1.25 bits per heavy atom. The fourth-order valence-corrected chi connectivity index (χ4v) is 3.38. The molecule has 0 radical (unpaired) electrons. The summed E-state index contributed by atoms with van der Waals surface area (Å²) < 4.78 is 0. The van der Waals surface area contributed by atoms with Crippen molar-refractivity contribution in [2.24, 2.45) is 0 Å². The van der Waals surface area contributed by atoms with Crippen LogP contribution >= 0.6 is 11.8 Å². The first-order chi connectivity index (χ1) is 9.93. The Balaban J connectivity index is 1.98. The summed E-state index contributed by atoms with van der Waals surface area (Å²) in [7, 11) is 0. The molecule has 4 heteroatoms. The van der Waals surface area contributed by atoms with Crippen molar-refractivity contribution in [3.8, 4) is 0 Å². The molecule has 3 aromatic rings. The lowest BCUT2D eigenvalue weighted by atomic mass is 10.2. The van der Waals surface area contributed by atoms with E-state index in [0.29, 0.717) is 5.95 Å². The van der Waals surface area contributed by atoms with E-state index in [-0.39, 0.29) is 0 Å². The Bertz CT molecular complexity index is 713. The van der Waals surface area contributed by atoms with E-state index in [4.69, 9.17) is 0 Å². The lowest BCUT2D eigenvalue weighted by Gasteiger charge is -2.30. The molecule has 96 valence electrons. The Morgan fingerprint density at radius 3 is 1.85 bits per heavy atom. The van der Waals surface area contributed by atoms with Gasteiger partial charge in [-0.2, -0.15) is 0 Å². The van der Waals surface area contributed by atoms with Crippen molar-refractivity contribution in [2.45, 2.75) is 9.79 Å². The van der Waals surface area contributed by atoms with Crippen molar-refractivity contribution < 1.29 is 0 Å². The van der Waals surface area contributed by atoms with Gasteiger partial charge in [-0.25, -0.2) is 9.97 Å². The molecule has 1 aliphatic rings. The van der Waals surface area contributed by atoms with Crippen molar-refractivity contribution >= 4 is 29.1 Å². The molecule has 1 aliphatic heterocycles. The third-order valence-electron chi connectivity index (χ3n) is 3.18. The van der Waals surface area contributed by atoms with Crippen molar-refractivity contribution in [3.63, 3.8) is 0 Å². The maximum absolute atomic E-state index is 4.41. The zero-order valence-electron chi connectivity index (χ0n) is 10.6. The first-order valence-electron chi connectivity index (χ1n) is 6.36. The van der Waals surface area contributed by atoms with E-state index in [1.165, 1.54) is 9.79 Å². The minimum Gasteiger partial charge on any atom is -0.277 e. The van der Waals surface area contributed by atoms with Crippen molar-refractivity contribution in [3.05, 3.63) is 67.0 Å². The van der Waals surface area contributed by atoms with Crippen LogP contribution in [0.25, 0.3) is 0 Å². The molecule has 2 heterocycles. The second-order valence-electron chi connectivity index (χ2n) is 4.42. The topological polar surface area (TPSA) is 29.0 Å². The molecule has 0 aliphatic carbocycles. The first-order valence-corrected chi connectivity index (χ1v) is 7.18. The number of anilines is 3. The summed E-state index contributed by atoms with van der Waals surface area (Å²) in [4.78, 5) is 13.4. The Kier molecular flexibility index (Phi) is 2.67. The van der Waals surface area contributed by atoms with Crippen LogP contribution < -0.4 is 4.90 Å². The van der Waals surface area contributed by atoms with E-state index in [9.17, 15) is 0 Å². The molecule has 0 spiro atoms. The normalized spacial score (nSPS) is 12.7. The van der Waals surface area contributed by atoms with Gasteiger partial charge in [0.2, 0.25) is 5.95 Å². The van der Waals surface area contributed by atoms with Gasteiger partial charge < -0.3 is 0 Å². The van der Waals surface area contributed by atoms with Gasteiger partial charge in [0.05, 0.1) is 11.4 Å². The lowest BCUT2D eigenvalue weighted by molar-refractivity contribution is 1.04. The summed E-state index contributed by atoms with van der Waals surface area (Å²) in [5.41, 5.74) is 2.25. The molecule has 0 saturated heterocycles. The number of aromatic nitrogens is 2. The summed E-state index contributed by atoms with van der Waals surface area (Å²) in [6, 6.07) is 18.5. The summed E-state index contributed by atoms with van der Waals surface area (Å²) in [5.74, 6) is 0.702. The maximum atomic E-state index is 4.41. The number of nitrogens with zero attached hydrogens (tertiary/aromatic N) is 3. The third kappa shape index (κ3) is 1.77. The molecule has 0 fully saturated rings. The van der Waals surface area contributed by atoms with Crippen LogP contribution in [0.5, 0.6) is 0 Å².